The molecule has 0 saturated carbocycles. The molecule has 0 N–H and O–H groups in total. The van der Waals surface area contributed by atoms with E-state index < -0.39 is 28.9 Å². The Hall–Kier alpha value is -2.50. The van der Waals surface area contributed by atoms with Crippen molar-refractivity contribution >= 4 is 11.6 Å². The van der Waals surface area contributed by atoms with Crippen molar-refractivity contribution in [3.05, 3.63) is 58.9 Å². The molecule has 3 nitrogen and oxygen atoms in total. The van der Waals surface area contributed by atoms with Gasteiger partial charge in [-0.25, -0.2) is 13.2 Å². The Bertz CT molecular complexity index is 777. The van der Waals surface area contributed by atoms with E-state index in [4.69, 9.17) is 4.74 Å². The maximum absolute atomic E-state index is 14.4. The van der Waals surface area contributed by atoms with Crippen LogP contribution >= 0.6 is 0 Å². The predicted octanol–water partition coefficient (Wildman–Crippen LogP) is 3.71. The first-order valence-corrected chi connectivity index (χ1v) is 7.24. The van der Waals surface area contributed by atoms with Gasteiger partial charge in [0.2, 0.25) is 0 Å². The second kappa shape index (κ2) is 5.95. The van der Waals surface area contributed by atoms with Crippen LogP contribution in [0, 0.1) is 17.5 Å². The van der Waals surface area contributed by atoms with Gasteiger partial charge < -0.3 is 9.64 Å². The van der Waals surface area contributed by atoms with E-state index in [1.165, 1.54) is 17.0 Å². The molecule has 1 aliphatic heterocycles. The molecule has 1 heterocycles. The lowest BCUT2D eigenvalue weighted by Gasteiger charge is -2.19. The van der Waals surface area contributed by atoms with Gasteiger partial charge in [-0.05, 0) is 43.2 Å². The third kappa shape index (κ3) is 2.65. The summed E-state index contributed by atoms with van der Waals surface area (Å²) in [5.41, 5.74) is 0.421. The number of hydrogen-bond donors (Lipinski definition) is 0. The van der Waals surface area contributed by atoms with Gasteiger partial charge in [-0.2, -0.15) is 0 Å². The second-order valence-electron chi connectivity index (χ2n) is 5.15. The van der Waals surface area contributed by atoms with Crippen LogP contribution in [0.5, 0.6) is 5.75 Å². The van der Waals surface area contributed by atoms with Gasteiger partial charge in [-0.15, -0.1) is 0 Å². The van der Waals surface area contributed by atoms with Crippen LogP contribution in [0.15, 0.2) is 30.3 Å². The first kappa shape index (κ1) is 15.4. The van der Waals surface area contributed by atoms with Crippen molar-refractivity contribution < 1.29 is 22.7 Å². The van der Waals surface area contributed by atoms with E-state index >= 15 is 0 Å². The topological polar surface area (TPSA) is 29.5 Å². The highest BCUT2D eigenvalue weighted by Crippen LogP contribution is 2.32. The van der Waals surface area contributed by atoms with Crippen molar-refractivity contribution in [3.8, 4) is 5.75 Å². The van der Waals surface area contributed by atoms with E-state index in [1.807, 2.05) is 0 Å². The van der Waals surface area contributed by atoms with E-state index in [1.54, 1.807) is 13.0 Å². The molecule has 0 bridgehead atoms. The van der Waals surface area contributed by atoms with E-state index in [0.29, 0.717) is 12.1 Å². The summed E-state index contributed by atoms with van der Waals surface area (Å²) in [5.74, 6) is -3.54. The van der Waals surface area contributed by atoms with Crippen LogP contribution in [-0.2, 0) is 6.42 Å². The van der Waals surface area contributed by atoms with Crippen molar-refractivity contribution in [1.29, 1.82) is 0 Å². The highest BCUT2D eigenvalue weighted by molar-refractivity contribution is 6.07. The molecular weight excluding hydrogens is 307 g/mol. The molecule has 1 amide bonds. The van der Waals surface area contributed by atoms with Crippen LogP contribution < -0.4 is 9.64 Å². The quantitative estimate of drug-likeness (QED) is 0.862. The summed E-state index contributed by atoms with van der Waals surface area (Å²) in [6.45, 7) is 2.09. The summed E-state index contributed by atoms with van der Waals surface area (Å²) in [7, 11) is 0. The number of ether oxygens (including phenoxy) is 1. The SMILES string of the molecule is CCOc1ccc(F)c(C(=O)N2CCc3ccc(F)cc32)c1F. The Labute approximate surface area is 131 Å². The van der Waals surface area contributed by atoms with Crippen LogP contribution in [0.3, 0.4) is 0 Å². The van der Waals surface area contributed by atoms with Crippen molar-refractivity contribution in [2.75, 3.05) is 18.1 Å². The first-order valence-electron chi connectivity index (χ1n) is 7.24. The Kier molecular flexibility index (Phi) is 3.98. The number of halogens is 3. The summed E-state index contributed by atoms with van der Waals surface area (Å²) in [4.78, 5) is 13.8. The highest BCUT2D eigenvalue weighted by Gasteiger charge is 2.31. The summed E-state index contributed by atoms with van der Waals surface area (Å²) >= 11 is 0. The third-order valence-corrected chi connectivity index (χ3v) is 3.76. The monoisotopic (exact) mass is 321 g/mol. The number of anilines is 1. The molecule has 0 atom stereocenters. The molecule has 120 valence electrons. The molecule has 0 radical (unpaired) electrons. The van der Waals surface area contributed by atoms with Gasteiger partial charge in [-0.1, -0.05) is 6.07 Å². The summed E-state index contributed by atoms with van der Waals surface area (Å²) in [5, 5.41) is 0. The molecule has 0 aromatic heterocycles. The van der Waals surface area contributed by atoms with Crippen molar-refractivity contribution in [1.82, 2.24) is 0 Å². The number of amides is 1. The van der Waals surface area contributed by atoms with Gasteiger partial charge in [0.25, 0.3) is 5.91 Å². The third-order valence-electron chi connectivity index (χ3n) is 3.76. The largest absolute Gasteiger partial charge is 0.491 e. The van der Waals surface area contributed by atoms with E-state index in [0.717, 1.165) is 17.7 Å². The van der Waals surface area contributed by atoms with Crippen LogP contribution in [0.25, 0.3) is 0 Å². The van der Waals surface area contributed by atoms with Gasteiger partial charge in [0, 0.05) is 6.54 Å². The van der Waals surface area contributed by atoms with E-state index in [9.17, 15) is 18.0 Å². The second-order valence-corrected chi connectivity index (χ2v) is 5.15. The van der Waals surface area contributed by atoms with Crippen molar-refractivity contribution in [2.45, 2.75) is 13.3 Å². The molecule has 0 aliphatic carbocycles. The normalized spacial score (nSPS) is 13.1. The smallest absolute Gasteiger partial charge is 0.264 e. The van der Waals surface area contributed by atoms with Crippen molar-refractivity contribution in [3.63, 3.8) is 0 Å². The molecule has 3 rings (SSSR count). The fourth-order valence-corrected chi connectivity index (χ4v) is 2.69. The van der Waals surface area contributed by atoms with Crippen LogP contribution in [-0.4, -0.2) is 19.1 Å². The zero-order chi connectivity index (χ0) is 16.6. The number of benzene rings is 2. The molecule has 2 aromatic carbocycles. The average Bonchev–Trinajstić information content (AvgIpc) is 2.93. The average molecular weight is 321 g/mol. The number of nitrogens with zero attached hydrogens (tertiary/aromatic N) is 1. The minimum Gasteiger partial charge on any atom is -0.491 e. The minimum absolute atomic E-state index is 0.184. The predicted molar refractivity (Wildman–Crippen MR) is 79.3 cm³/mol. The maximum atomic E-state index is 14.4. The minimum atomic E-state index is -1.04. The number of fused-ring (bicyclic) bond motifs is 1. The van der Waals surface area contributed by atoms with Gasteiger partial charge in [-0.3, -0.25) is 4.79 Å². The first-order chi connectivity index (χ1) is 11.0. The van der Waals surface area contributed by atoms with Gasteiger partial charge in [0.15, 0.2) is 11.6 Å². The van der Waals surface area contributed by atoms with Gasteiger partial charge in [0.05, 0.1) is 12.3 Å². The molecule has 1 aliphatic rings. The maximum Gasteiger partial charge on any atom is 0.264 e. The lowest BCUT2D eigenvalue weighted by atomic mass is 10.1. The van der Waals surface area contributed by atoms with Crippen LogP contribution in [0.4, 0.5) is 18.9 Å². The summed E-state index contributed by atoms with van der Waals surface area (Å²) in [6, 6.07) is 6.19. The van der Waals surface area contributed by atoms with Crippen molar-refractivity contribution in [2.24, 2.45) is 0 Å². The highest BCUT2D eigenvalue weighted by atomic mass is 19.1. The number of hydrogen-bond acceptors (Lipinski definition) is 2. The Morgan fingerprint density at radius 1 is 1.22 bits per heavy atom. The molecule has 0 spiro atoms. The van der Waals surface area contributed by atoms with Crippen LogP contribution in [0.2, 0.25) is 0 Å². The fraction of sp³-hybridized carbons (Fsp3) is 0.235. The van der Waals surface area contributed by atoms with Gasteiger partial charge >= 0.3 is 0 Å². The molecule has 0 saturated heterocycles. The van der Waals surface area contributed by atoms with Crippen LogP contribution in [0.1, 0.15) is 22.8 Å². The van der Waals surface area contributed by atoms with E-state index in [-0.39, 0.29) is 18.9 Å². The Morgan fingerprint density at radius 2 is 2.00 bits per heavy atom. The fourth-order valence-electron chi connectivity index (χ4n) is 2.69. The molecule has 2 aromatic rings. The van der Waals surface area contributed by atoms with Gasteiger partial charge in [0.1, 0.15) is 17.2 Å². The lowest BCUT2D eigenvalue weighted by Crippen LogP contribution is -2.30. The zero-order valence-corrected chi connectivity index (χ0v) is 12.4. The van der Waals surface area contributed by atoms with E-state index in [2.05, 4.69) is 0 Å². The summed E-state index contributed by atoms with van der Waals surface area (Å²) < 4.78 is 46.9. The lowest BCUT2D eigenvalue weighted by molar-refractivity contribution is 0.0980. The molecule has 6 heteroatoms. The number of carbonyl (C=O) groups excluding carboxylic acids is 1. The number of rotatable bonds is 3. The molecule has 23 heavy (non-hydrogen) atoms. The Morgan fingerprint density at radius 3 is 2.74 bits per heavy atom. The molecule has 0 fully saturated rings. The molecule has 0 unspecified atom stereocenters. The molecular formula is C17H14F3NO2. The summed E-state index contributed by atoms with van der Waals surface area (Å²) in [6.07, 6.45) is 0.510. The standard InChI is InChI=1S/C17H14F3NO2/c1-2-23-14-6-5-12(19)15(16(14)20)17(22)21-8-7-10-3-4-11(18)9-13(10)21/h3-6,9H,2,7-8H2,1H3. The zero-order valence-electron chi connectivity index (χ0n) is 12.4. The number of carbonyl (C=O) groups is 1. The Balaban J connectivity index is 2.03.